The van der Waals surface area contributed by atoms with E-state index >= 15 is 0 Å². The van der Waals surface area contributed by atoms with Crippen LogP contribution in [0.3, 0.4) is 0 Å². The molecule has 0 aliphatic heterocycles. The first-order chi connectivity index (χ1) is 8.65. The van der Waals surface area contributed by atoms with Gasteiger partial charge in [0.1, 0.15) is 0 Å². The van der Waals surface area contributed by atoms with Crippen LogP contribution in [0.5, 0.6) is 0 Å². The van der Waals surface area contributed by atoms with Gasteiger partial charge in [0.2, 0.25) is 5.91 Å². The standard InChI is InChI=1S/C14H14BrNOS/c1-10(17)16-14(9-13-3-2-8-18-13)11-4-6-12(15)7-5-11/h2-8,14H,9H2,1H3,(H,16,17). The monoisotopic (exact) mass is 323 g/mol. The van der Waals surface area contributed by atoms with E-state index in [9.17, 15) is 4.79 Å². The Hall–Kier alpha value is -1.13. The second kappa shape index (κ2) is 6.16. The first kappa shape index (κ1) is 13.3. The molecule has 18 heavy (non-hydrogen) atoms. The van der Waals surface area contributed by atoms with Crippen LogP contribution in [0.1, 0.15) is 23.4 Å². The number of carbonyl (C=O) groups is 1. The Bertz CT molecular complexity index is 507. The molecule has 0 spiro atoms. The highest BCUT2D eigenvalue weighted by Gasteiger charge is 2.13. The number of thiophene rings is 1. The molecule has 0 radical (unpaired) electrons. The summed E-state index contributed by atoms with van der Waals surface area (Å²) in [4.78, 5) is 12.6. The van der Waals surface area contributed by atoms with E-state index in [0.717, 1.165) is 16.5 Å². The van der Waals surface area contributed by atoms with Crippen molar-refractivity contribution in [1.29, 1.82) is 0 Å². The molecule has 2 rings (SSSR count). The Balaban J connectivity index is 2.19. The Kier molecular flexibility index (Phi) is 4.55. The number of hydrogen-bond donors (Lipinski definition) is 1. The Morgan fingerprint density at radius 1 is 1.33 bits per heavy atom. The van der Waals surface area contributed by atoms with Crippen molar-refractivity contribution >= 4 is 33.2 Å². The van der Waals surface area contributed by atoms with Crippen molar-refractivity contribution in [3.63, 3.8) is 0 Å². The number of hydrogen-bond acceptors (Lipinski definition) is 2. The lowest BCUT2D eigenvalue weighted by molar-refractivity contribution is -0.119. The molecule has 1 amide bonds. The molecule has 2 aromatic rings. The normalized spacial score (nSPS) is 12.1. The zero-order valence-electron chi connectivity index (χ0n) is 10.0. The Labute approximate surface area is 119 Å². The van der Waals surface area contributed by atoms with Crippen LogP contribution in [0.4, 0.5) is 0 Å². The molecule has 1 aromatic heterocycles. The van der Waals surface area contributed by atoms with Gasteiger partial charge < -0.3 is 5.32 Å². The average Bonchev–Trinajstić information content (AvgIpc) is 2.81. The maximum absolute atomic E-state index is 11.3. The second-order valence-corrected chi connectivity index (χ2v) is 6.04. The zero-order chi connectivity index (χ0) is 13.0. The Morgan fingerprint density at radius 3 is 2.61 bits per heavy atom. The predicted octanol–water partition coefficient (Wildman–Crippen LogP) is 3.93. The highest BCUT2D eigenvalue weighted by atomic mass is 79.9. The van der Waals surface area contributed by atoms with Crippen molar-refractivity contribution in [2.24, 2.45) is 0 Å². The lowest BCUT2D eigenvalue weighted by Gasteiger charge is -2.17. The van der Waals surface area contributed by atoms with E-state index in [1.165, 1.54) is 4.88 Å². The molecule has 0 aliphatic rings. The van der Waals surface area contributed by atoms with E-state index in [-0.39, 0.29) is 11.9 Å². The van der Waals surface area contributed by atoms with Crippen molar-refractivity contribution in [1.82, 2.24) is 5.32 Å². The zero-order valence-corrected chi connectivity index (χ0v) is 12.4. The third-order valence-corrected chi connectivity index (χ3v) is 4.06. The summed E-state index contributed by atoms with van der Waals surface area (Å²) in [5.74, 6) is -0.000486. The number of rotatable bonds is 4. The third-order valence-electron chi connectivity index (χ3n) is 2.64. The van der Waals surface area contributed by atoms with Crippen LogP contribution in [0.15, 0.2) is 46.3 Å². The fourth-order valence-corrected chi connectivity index (χ4v) is 2.84. The van der Waals surface area contributed by atoms with Crippen LogP contribution >= 0.6 is 27.3 Å². The average molecular weight is 324 g/mol. The third kappa shape index (κ3) is 3.68. The van der Waals surface area contributed by atoms with Crippen LogP contribution in [-0.4, -0.2) is 5.91 Å². The molecule has 0 aliphatic carbocycles. The predicted molar refractivity (Wildman–Crippen MR) is 78.7 cm³/mol. The van der Waals surface area contributed by atoms with E-state index < -0.39 is 0 Å². The van der Waals surface area contributed by atoms with Crippen LogP contribution in [-0.2, 0) is 11.2 Å². The summed E-state index contributed by atoms with van der Waals surface area (Å²) in [6.07, 6.45) is 0.832. The fraction of sp³-hybridized carbons (Fsp3) is 0.214. The van der Waals surface area contributed by atoms with Gasteiger partial charge in [0, 0.05) is 22.7 Å². The van der Waals surface area contributed by atoms with Gasteiger partial charge in [-0.3, -0.25) is 4.79 Å². The number of benzene rings is 1. The first-order valence-electron chi connectivity index (χ1n) is 5.70. The minimum atomic E-state index is -0.000486. The minimum absolute atomic E-state index is 0.000486. The first-order valence-corrected chi connectivity index (χ1v) is 7.37. The molecule has 2 nitrogen and oxygen atoms in total. The summed E-state index contributed by atoms with van der Waals surface area (Å²) in [5.41, 5.74) is 1.13. The second-order valence-electron chi connectivity index (χ2n) is 4.09. The van der Waals surface area contributed by atoms with Gasteiger partial charge in [0.15, 0.2) is 0 Å². The summed E-state index contributed by atoms with van der Waals surface area (Å²) in [7, 11) is 0. The summed E-state index contributed by atoms with van der Waals surface area (Å²) in [5, 5.41) is 5.06. The van der Waals surface area contributed by atoms with E-state index in [2.05, 4.69) is 32.7 Å². The molecule has 1 atom stereocenters. The van der Waals surface area contributed by atoms with E-state index in [4.69, 9.17) is 0 Å². The van der Waals surface area contributed by atoms with Crippen LogP contribution in [0.25, 0.3) is 0 Å². The van der Waals surface area contributed by atoms with E-state index in [1.54, 1.807) is 18.3 Å². The van der Waals surface area contributed by atoms with Crippen molar-refractivity contribution in [2.45, 2.75) is 19.4 Å². The maximum atomic E-state index is 11.3. The molecule has 1 N–H and O–H groups in total. The summed E-state index contributed by atoms with van der Waals surface area (Å²) in [6, 6.07) is 12.2. The number of nitrogens with one attached hydrogen (secondary N) is 1. The lowest BCUT2D eigenvalue weighted by Crippen LogP contribution is -2.27. The summed E-state index contributed by atoms with van der Waals surface area (Å²) < 4.78 is 1.05. The topological polar surface area (TPSA) is 29.1 Å². The smallest absolute Gasteiger partial charge is 0.217 e. The van der Waals surface area contributed by atoms with Crippen LogP contribution in [0.2, 0.25) is 0 Å². The van der Waals surface area contributed by atoms with Gasteiger partial charge in [-0.1, -0.05) is 34.1 Å². The Morgan fingerprint density at radius 2 is 2.06 bits per heavy atom. The number of halogens is 1. The lowest BCUT2D eigenvalue weighted by atomic mass is 10.0. The molecule has 94 valence electrons. The molecule has 0 fully saturated rings. The highest BCUT2D eigenvalue weighted by molar-refractivity contribution is 9.10. The van der Waals surface area contributed by atoms with Gasteiger partial charge >= 0.3 is 0 Å². The maximum Gasteiger partial charge on any atom is 0.217 e. The molecule has 0 saturated carbocycles. The van der Waals surface area contributed by atoms with Gasteiger partial charge in [0.25, 0.3) is 0 Å². The molecular formula is C14H14BrNOS. The molecule has 4 heteroatoms. The van der Waals surface area contributed by atoms with Crippen molar-refractivity contribution in [2.75, 3.05) is 0 Å². The fourth-order valence-electron chi connectivity index (χ4n) is 1.82. The molecule has 0 saturated heterocycles. The summed E-state index contributed by atoms with van der Waals surface area (Å²) >= 11 is 5.14. The molecule has 1 unspecified atom stereocenters. The number of carbonyl (C=O) groups excluding carboxylic acids is 1. The molecular weight excluding hydrogens is 310 g/mol. The highest BCUT2D eigenvalue weighted by Crippen LogP contribution is 2.22. The van der Waals surface area contributed by atoms with Crippen LogP contribution < -0.4 is 5.32 Å². The van der Waals surface area contributed by atoms with Crippen LogP contribution in [0, 0.1) is 0 Å². The van der Waals surface area contributed by atoms with Gasteiger partial charge in [-0.05, 0) is 29.1 Å². The van der Waals surface area contributed by atoms with Crippen molar-refractivity contribution in [3.05, 3.63) is 56.7 Å². The van der Waals surface area contributed by atoms with Gasteiger partial charge in [0.05, 0.1) is 6.04 Å². The molecule has 1 heterocycles. The van der Waals surface area contributed by atoms with Crippen molar-refractivity contribution in [3.8, 4) is 0 Å². The SMILES string of the molecule is CC(=O)NC(Cc1cccs1)c1ccc(Br)cc1. The largest absolute Gasteiger partial charge is 0.349 e. The number of amides is 1. The van der Waals surface area contributed by atoms with E-state index in [0.29, 0.717) is 0 Å². The van der Waals surface area contributed by atoms with Gasteiger partial charge in [-0.2, -0.15) is 0 Å². The van der Waals surface area contributed by atoms with E-state index in [1.807, 2.05) is 30.3 Å². The molecule has 0 bridgehead atoms. The summed E-state index contributed by atoms with van der Waals surface area (Å²) in [6.45, 7) is 1.56. The minimum Gasteiger partial charge on any atom is -0.349 e. The molecule has 1 aromatic carbocycles. The van der Waals surface area contributed by atoms with Gasteiger partial charge in [-0.15, -0.1) is 11.3 Å². The van der Waals surface area contributed by atoms with Crippen molar-refractivity contribution < 1.29 is 4.79 Å². The van der Waals surface area contributed by atoms with Gasteiger partial charge in [-0.25, -0.2) is 0 Å². The quantitative estimate of drug-likeness (QED) is 0.907.